The normalized spacial score (nSPS) is 12.1. The first-order chi connectivity index (χ1) is 17.3. The summed E-state index contributed by atoms with van der Waals surface area (Å²) in [6.07, 6.45) is 19.9. The molecule has 215 valence electrons. The number of phosphoric acid groups is 1. The Labute approximate surface area is 247 Å². The van der Waals surface area contributed by atoms with Crippen molar-refractivity contribution in [1.29, 1.82) is 0 Å². The average Bonchev–Trinajstić information content (AvgIpc) is 2.83. The molecule has 8 nitrogen and oxygen atoms in total. The van der Waals surface area contributed by atoms with Crippen LogP contribution >= 0.6 is 7.82 Å². The molecule has 0 spiro atoms. The van der Waals surface area contributed by atoms with Crippen LogP contribution in [0, 0.1) is 0 Å². The third-order valence-corrected chi connectivity index (χ3v) is 6.61. The molecule has 1 radical (unpaired) electrons. The maximum absolute atomic E-state index is 12.2. The van der Waals surface area contributed by atoms with E-state index in [0.717, 1.165) is 38.5 Å². The molecule has 0 saturated heterocycles. The second kappa shape index (κ2) is 27.6. The van der Waals surface area contributed by atoms with Gasteiger partial charge in [-0.05, 0) is 12.8 Å². The molecule has 0 rings (SSSR count). The summed E-state index contributed by atoms with van der Waals surface area (Å²) >= 11 is 0. The van der Waals surface area contributed by atoms with E-state index in [1.165, 1.54) is 70.6 Å². The Morgan fingerprint density at radius 3 is 1.41 bits per heavy atom. The fraction of sp³-hybridized carbons (Fsp3) is 0.926. The van der Waals surface area contributed by atoms with E-state index in [4.69, 9.17) is 19.3 Å². The Bertz CT molecular complexity index is 585. The quantitative estimate of drug-likeness (QED) is 0.0503. The first-order valence-electron chi connectivity index (χ1n) is 14.3. The van der Waals surface area contributed by atoms with E-state index >= 15 is 0 Å². The van der Waals surface area contributed by atoms with Crippen LogP contribution in [0.5, 0.6) is 0 Å². The largest absolute Gasteiger partial charge is 0.469 e. The van der Waals surface area contributed by atoms with Crippen molar-refractivity contribution in [2.75, 3.05) is 13.2 Å². The topological polar surface area (TPSA) is 119 Å². The number of phosphoric ester groups is 1. The molecule has 0 bridgehead atoms. The van der Waals surface area contributed by atoms with Gasteiger partial charge in [-0.2, -0.15) is 0 Å². The molecule has 2 N–H and O–H groups in total. The van der Waals surface area contributed by atoms with E-state index in [1.54, 1.807) is 0 Å². The van der Waals surface area contributed by atoms with Gasteiger partial charge in [-0.1, -0.05) is 117 Å². The average molecular weight is 560 g/mol. The van der Waals surface area contributed by atoms with Crippen LogP contribution < -0.4 is 0 Å². The molecule has 0 saturated carbocycles. The van der Waals surface area contributed by atoms with Gasteiger partial charge in [-0.25, -0.2) is 4.57 Å². The monoisotopic (exact) mass is 559 g/mol. The Morgan fingerprint density at radius 1 is 0.622 bits per heavy atom. The molecule has 10 heteroatoms. The van der Waals surface area contributed by atoms with Crippen molar-refractivity contribution in [1.82, 2.24) is 0 Å². The Morgan fingerprint density at radius 2 is 1.00 bits per heavy atom. The minimum Gasteiger partial charge on any atom is -0.462 e. The van der Waals surface area contributed by atoms with Crippen molar-refractivity contribution in [3.8, 4) is 0 Å². The molecular weight excluding hydrogens is 506 g/mol. The van der Waals surface area contributed by atoms with Crippen molar-refractivity contribution in [2.24, 2.45) is 0 Å². The summed E-state index contributed by atoms with van der Waals surface area (Å²) in [5.41, 5.74) is 0. The molecule has 0 aromatic carbocycles. The van der Waals surface area contributed by atoms with Gasteiger partial charge in [-0.3, -0.25) is 14.1 Å². The van der Waals surface area contributed by atoms with Crippen LogP contribution in [-0.2, 0) is 28.2 Å². The molecular formula is C27H53NaO8P. The van der Waals surface area contributed by atoms with E-state index in [0.29, 0.717) is 6.42 Å². The summed E-state index contributed by atoms with van der Waals surface area (Å²) in [5.74, 6) is -0.888. The zero-order valence-electron chi connectivity index (χ0n) is 23.9. The number of ether oxygens (including phenoxy) is 2. The number of carbonyl (C=O) groups is 2. The number of hydrogen-bond acceptors (Lipinski definition) is 6. The summed E-state index contributed by atoms with van der Waals surface area (Å²) in [4.78, 5) is 42.1. The minimum atomic E-state index is -4.72. The van der Waals surface area contributed by atoms with Crippen molar-refractivity contribution in [3.05, 3.63) is 0 Å². The van der Waals surface area contributed by atoms with Crippen LogP contribution in [0.1, 0.15) is 142 Å². The van der Waals surface area contributed by atoms with Gasteiger partial charge in [-0.15, -0.1) is 0 Å². The predicted octanol–water partition coefficient (Wildman–Crippen LogP) is 7.01. The molecule has 0 heterocycles. The third kappa shape index (κ3) is 30.4. The smallest absolute Gasteiger partial charge is 0.462 e. The van der Waals surface area contributed by atoms with Gasteiger partial charge in [0.1, 0.15) is 6.61 Å². The molecule has 0 amide bonds. The van der Waals surface area contributed by atoms with Crippen molar-refractivity contribution >= 4 is 49.3 Å². The fourth-order valence-electron chi connectivity index (χ4n) is 3.96. The fourth-order valence-corrected chi connectivity index (χ4v) is 4.32. The second-order valence-electron chi connectivity index (χ2n) is 9.74. The maximum Gasteiger partial charge on any atom is 0.469 e. The summed E-state index contributed by atoms with van der Waals surface area (Å²) < 4.78 is 26.0. The first-order valence-corrected chi connectivity index (χ1v) is 15.9. The van der Waals surface area contributed by atoms with Crippen LogP contribution in [0.25, 0.3) is 0 Å². The van der Waals surface area contributed by atoms with E-state index in [2.05, 4.69) is 18.4 Å². The summed E-state index contributed by atoms with van der Waals surface area (Å²) in [6.45, 7) is 3.60. The van der Waals surface area contributed by atoms with E-state index in [-0.39, 0.29) is 49.0 Å². The number of esters is 2. The molecule has 0 aliphatic rings. The number of unbranched alkanes of at least 4 members (excludes halogenated alkanes) is 16. The Balaban J connectivity index is 0. The van der Waals surface area contributed by atoms with Crippen molar-refractivity contribution < 1.29 is 37.9 Å². The van der Waals surface area contributed by atoms with Gasteiger partial charge in [0.05, 0.1) is 6.61 Å². The van der Waals surface area contributed by atoms with Gasteiger partial charge in [0.2, 0.25) is 0 Å². The molecule has 0 unspecified atom stereocenters. The van der Waals surface area contributed by atoms with E-state index in [1.807, 2.05) is 0 Å². The van der Waals surface area contributed by atoms with Crippen LogP contribution in [0.4, 0.5) is 0 Å². The zero-order valence-corrected chi connectivity index (χ0v) is 26.8. The predicted molar refractivity (Wildman–Crippen MR) is 148 cm³/mol. The second-order valence-corrected chi connectivity index (χ2v) is 11.0. The van der Waals surface area contributed by atoms with E-state index < -0.39 is 32.5 Å². The molecule has 37 heavy (non-hydrogen) atoms. The molecule has 0 aromatic heterocycles. The third-order valence-electron chi connectivity index (χ3n) is 6.13. The Kier molecular flexibility index (Phi) is 29.2. The standard InChI is InChI=1S/C27H53O8P.Na/c1-3-5-7-9-11-13-15-17-19-21-26(28)33-23-25(24-34-36(30,31)32)35-27(29)22-20-18-16-14-12-10-8-6-4-2;/h25H,3-24H2,1-2H3,(H2,30,31,32);/t25-;/m1./s1. The van der Waals surface area contributed by atoms with Crippen molar-refractivity contribution in [3.63, 3.8) is 0 Å². The molecule has 1 atom stereocenters. The summed E-state index contributed by atoms with van der Waals surface area (Å²) in [6, 6.07) is 0. The van der Waals surface area contributed by atoms with Gasteiger partial charge >= 0.3 is 19.8 Å². The van der Waals surface area contributed by atoms with Gasteiger partial charge in [0, 0.05) is 42.4 Å². The molecule has 0 fully saturated rings. The zero-order chi connectivity index (χ0) is 26.9. The first kappa shape index (κ1) is 39.2. The van der Waals surface area contributed by atoms with Crippen LogP contribution in [0.3, 0.4) is 0 Å². The van der Waals surface area contributed by atoms with Gasteiger partial charge in [0.25, 0.3) is 0 Å². The van der Waals surface area contributed by atoms with Crippen molar-refractivity contribution in [2.45, 2.75) is 148 Å². The number of carbonyl (C=O) groups excluding carboxylic acids is 2. The molecule has 0 aromatic rings. The Hall–Kier alpha value is 0.0500. The SMILES string of the molecule is CCCCCCCCCCCC(=O)OC[C@H](COP(=O)(O)O)OC(=O)CCCCCCCCCCC.[Na]. The van der Waals surface area contributed by atoms with Gasteiger partial charge in [0.15, 0.2) is 6.10 Å². The summed E-state index contributed by atoms with van der Waals surface area (Å²) in [5, 5.41) is 0. The number of rotatable bonds is 26. The maximum atomic E-state index is 12.2. The van der Waals surface area contributed by atoms with Crippen LogP contribution in [0.2, 0.25) is 0 Å². The van der Waals surface area contributed by atoms with E-state index in [9.17, 15) is 14.2 Å². The minimum absolute atomic E-state index is 0. The number of hydrogen-bond donors (Lipinski definition) is 2. The van der Waals surface area contributed by atoms with Crippen LogP contribution in [-0.4, -0.2) is 70.6 Å². The summed E-state index contributed by atoms with van der Waals surface area (Å²) in [7, 11) is -4.72. The molecule has 0 aliphatic carbocycles. The van der Waals surface area contributed by atoms with Crippen LogP contribution in [0.15, 0.2) is 0 Å². The van der Waals surface area contributed by atoms with Gasteiger partial charge < -0.3 is 19.3 Å². The molecule has 0 aliphatic heterocycles.